The summed E-state index contributed by atoms with van der Waals surface area (Å²) in [6.07, 6.45) is -0.773. The van der Waals surface area contributed by atoms with Crippen molar-refractivity contribution in [3.8, 4) is 11.5 Å². The summed E-state index contributed by atoms with van der Waals surface area (Å²) < 4.78 is 16.6. The first kappa shape index (κ1) is 19.7. The van der Waals surface area contributed by atoms with Crippen molar-refractivity contribution in [1.82, 2.24) is 5.32 Å². The van der Waals surface area contributed by atoms with E-state index in [1.54, 1.807) is 55.5 Å². The molecule has 2 amide bonds. The van der Waals surface area contributed by atoms with Crippen LogP contribution in [0.2, 0.25) is 0 Å². The summed E-state index contributed by atoms with van der Waals surface area (Å²) in [6.45, 7) is 2.95. The van der Waals surface area contributed by atoms with Crippen LogP contribution in [0.5, 0.6) is 11.5 Å². The zero-order valence-electron chi connectivity index (χ0n) is 16.2. The number of para-hydroxylation sites is 2. The summed E-state index contributed by atoms with van der Waals surface area (Å²) in [7, 11) is 3.13. The lowest BCUT2D eigenvalue weighted by molar-refractivity contribution is -0.127. The Kier molecular flexibility index (Phi) is 6.16. The molecule has 0 aliphatic carbocycles. The number of hydrogen-bond donors (Lipinski definition) is 1. The van der Waals surface area contributed by atoms with E-state index in [4.69, 9.17) is 14.2 Å². The van der Waals surface area contributed by atoms with E-state index < -0.39 is 6.10 Å². The fourth-order valence-corrected chi connectivity index (χ4v) is 3.12. The Morgan fingerprint density at radius 1 is 1.25 bits per heavy atom. The molecule has 0 saturated carbocycles. The number of likely N-dealkylation sites (N-methyl/N-ethyl adjacent to an activating group) is 1. The van der Waals surface area contributed by atoms with Crippen molar-refractivity contribution in [2.24, 2.45) is 0 Å². The predicted octanol–water partition coefficient (Wildman–Crippen LogP) is 2.39. The van der Waals surface area contributed by atoms with Gasteiger partial charge in [0.15, 0.2) is 6.10 Å². The number of ether oxygens (including phenoxy) is 3. The number of amides is 2. The molecule has 2 aromatic rings. The first-order valence-electron chi connectivity index (χ1n) is 9.12. The van der Waals surface area contributed by atoms with E-state index >= 15 is 0 Å². The van der Waals surface area contributed by atoms with Crippen LogP contribution in [0.4, 0.5) is 5.69 Å². The minimum atomic E-state index is -0.773. The molecule has 1 aliphatic rings. The van der Waals surface area contributed by atoms with Crippen molar-refractivity contribution in [2.45, 2.75) is 19.6 Å². The molecule has 1 N–H and O–H groups in total. The number of carbonyl (C=O) groups excluding carboxylic acids is 2. The maximum Gasteiger partial charge on any atom is 0.262 e. The number of carbonyl (C=O) groups is 2. The fraction of sp³-hybridized carbons (Fsp3) is 0.333. The van der Waals surface area contributed by atoms with Gasteiger partial charge in [0.2, 0.25) is 0 Å². The Balaban J connectivity index is 1.95. The van der Waals surface area contributed by atoms with E-state index in [0.29, 0.717) is 36.0 Å². The number of fused-ring (bicyclic) bond motifs is 1. The number of anilines is 1. The lowest BCUT2D eigenvalue weighted by Gasteiger charge is -2.34. The molecule has 0 bridgehead atoms. The second kappa shape index (κ2) is 8.75. The maximum absolute atomic E-state index is 13.3. The van der Waals surface area contributed by atoms with Gasteiger partial charge in [0.25, 0.3) is 11.8 Å². The number of nitrogens with zero attached hydrogens (tertiary/aromatic N) is 1. The molecule has 3 rings (SSSR count). The summed E-state index contributed by atoms with van der Waals surface area (Å²) in [4.78, 5) is 27.0. The second-order valence-corrected chi connectivity index (χ2v) is 6.27. The van der Waals surface area contributed by atoms with Gasteiger partial charge in [-0.25, -0.2) is 0 Å². The molecule has 1 aliphatic heterocycles. The highest BCUT2D eigenvalue weighted by Crippen LogP contribution is 2.34. The Bertz CT molecular complexity index is 868. The molecule has 0 unspecified atom stereocenters. The van der Waals surface area contributed by atoms with Crippen LogP contribution >= 0.6 is 0 Å². The fourth-order valence-electron chi connectivity index (χ4n) is 3.12. The molecule has 28 heavy (non-hydrogen) atoms. The molecule has 0 aromatic heterocycles. The van der Waals surface area contributed by atoms with E-state index in [1.807, 2.05) is 13.0 Å². The highest BCUT2D eigenvalue weighted by Gasteiger charge is 2.33. The lowest BCUT2D eigenvalue weighted by atomic mass is 10.1. The van der Waals surface area contributed by atoms with Gasteiger partial charge in [-0.3, -0.25) is 9.59 Å². The average Bonchev–Trinajstić information content (AvgIpc) is 2.75. The van der Waals surface area contributed by atoms with Gasteiger partial charge in [0.1, 0.15) is 11.5 Å². The summed E-state index contributed by atoms with van der Waals surface area (Å²) >= 11 is 0. The molecule has 7 nitrogen and oxygen atoms in total. The van der Waals surface area contributed by atoms with E-state index in [0.717, 1.165) is 5.56 Å². The van der Waals surface area contributed by atoms with E-state index in [2.05, 4.69) is 5.32 Å². The molecule has 2 aromatic carbocycles. The Morgan fingerprint density at radius 3 is 2.75 bits per heavy atom. The Labute approximate surface area is 164 Å². The first-order valence-corrected chi connectivity index (χ1v) is 9.12. The smallest absolute Gasteiger partial charge is 0.262 e. The minimum absolute atomic E-state index is 0.127. The first-order chi connectivity index (χ1) is 13.6. The SMILES string of the molecule is CCOCc1cc(C(=O)N2C[C@@H](C(=O)NC)Oc3ccccc32)ccc1OC. The number of hydrogen-bond acceptors (Lipinski definition) is 5. The zero-order chi connectivity index (χ0) is 20.1. The van der Waals surface area contributed by atoms with Gasteiger partial charge < -0.3 is 24.4 Å². The van der Waals surface area contributed by atoms with Crippen molar-refractivity contribution >= 4 is 17.5 Å². The van der Waals surface area contributed by atoms with Crippen molar-refractivity contribution in [2.75, 3.05) is 32.2 Å². The Morgan fingerprint density at radius 2 is 2.04 bits per heavy atom. The number of nitrogens with one attached hydrogen (secondary N) is 1. The van der Waals surface area contributed by atoms with Crippen molar-refractivity contribution in [3.63, 3.8) is 0 Å². The minimum Gasteiger partial charge on any atom is -0.496 e. The van der Waals surface area contributed by atoms with Gasteiger partial charge in [0.05, 0.1) is 25.9 Å². The van der Waals surface area contributed by atoms with E-state index in [1.165, 1.54) is 0 Å². The number of rotatable bonds is 6. The van der Waals surface area contributed by atoms with Gasteiger partial charge in [0, 0.05) is 24.8 Å². The standard InChI is InChI=1S/C21H24N2O5/c1-4-27-13-15-11-14(9-10-17(15)26-3)21(25)23-12-19(20(24)22-2)28-18-8-6-5-7-16(18)23/h5-11,19H,4,12-13H2,1-3H3,(H,22,24)/t19-/m0/s1. The third-order valence-electron chi connectivity index (χ3n) is 4.55. The Hall–Kier alpha value is -3.06. The second-order valence-electron chi connectivity index (χ2n) is 6.27. The third kappa shape index (κ3) is 3.94. The van der Waals surface area contributed by atoms with Crippen LogP contribution in [0.1, 0.15) is 22.8 Å². The quantitative estimate of drug-likeness (QED) is 0.828. The van der Waals surface area contributed by atoms with Crippen molar-refractivity contribution in [1.29, 1.82) is 0 Å². The normalized spacial score (nSPS) is 15.4. The lowest BCUT2D eigenvalue weighted by Crippen LogP contribution is -2.50. The molecule has 0 saturated heterocycles. The van der Waals surface area contributed by atoms with Crippen molar-refractivity contribution in [3.05, 3.63) is 53.6 Å². The van der Waals surface area contributed by atoms with Gasteiger partial charge in [-0.15, -0.1) is 0 Å². The van der Waals surface area contributed by atoms with Gasteiger partial charge in [-0.05, 0) is 37.3 Å². The zero-order valence-corrected chi connectivity index (χ0v) is 16.2. The van der Waals surface area contributed by atoms with Crippen LogP contribution in [-0.4, -0.2) is 45.2 Å². The van der Waals surface area contributed by atoms with Crippen LogP contribution in [0, 0.1) is 0 Å². The highest BCUT2D eigenvalue weighted by atomic mass is 16.5. The predicted molar refractivity (Wildman–Crippen MR) is 105 cm³/mol. The van der Waals surface area contributed by atoms with Gasteiger partial charge in [-0.2, -0.15) is 0 Å². The van der Waals surface area contributed by atoms with Crippen LogP contribution in [0.25, 0.3) is 0 Å². The van der Waals surface area contributed by atoms with Crippen LogP contribution < -0.4 is 19.7 Å². The molecular weight excluding hydrogens is 360 g/mol. The molecule has 0 fully saturated rings. The molecular formula is C21H24N2O5. The monoisotopic (exact) mass is 384 g/mol. The van der Waals surface area contributed by atoms with E-state index in [9.17, 15) is 9.59 Å². The van der Waals surface area contributed by atoms with E-state index in [-0.39, 0.29) is 18.4 Å². The molecule has 1 atom stereocenters. The molecule has 1 heterocycles. The maximum atomic E-state index is 13.3. The summed E-state index contributed by atoms with van der Waals surface area (Å²) in [5.74, 6) is 0.665. The van der Waals surface area contributed by atoms with Crippen LogP contribution in [0.15, 0.2) is 42.5 Å². The summed E-state index contributed by atoms with van der Waals surface area (Å²) in [5.41, 5.74) is 1.91. The molecule has 7 heteroatoms. The average molecular weight is 384 g/mol. The van der Waals surface area contributed by atoms with Gasteiger partial charge >= 0.3 is 0 Å². The molecule has 0 spiro atoms. The number of methoxy groups -OCH3 is 1. The largest absolute Gasteiger partial charge is 0.496 e. The van der Waals surface area contributed by atoms with Gasteiger partial charge in [-0.1, -0.05) is 12.1 Å². The van der Waals surface area contributed by atoms with Crippen molar-refractivity contribution < 1.29 is 23.8 Å². The third-order valence-corrected chi connectivity index (χ3v) is 4.55. The number of benzene rings is 2. The van der Waals surface area contributed by atoms with Crippen LogP contribution in [0.3, 0.4) is 0 Å². The summed E-state index contributed by atoms with van der Waals surface area (Å²) in [5, 5.41) is 2.58. The molecule has 0 radical (unpaired) electrons. The highest BCUT2D eigenvalue weighted by molar-refractivity contribution is 6.08. The summed E-state index contributed by atoms with van der Waals surface area (Å²) in [6, 6.07) is 12.4. The topological polar surface area (TPSA) is 77.1 Å². The van der Waals surface area contributed by atoms with Crippen LogP contribution in [-0.2, 0) is 16.1 Å². The molecule has 148 valence electrons.